The van der Waals surface area contributed by atoms with Crippen LogP contribution in [0.5, 0.6) is 0 Å². The predicted molar refractivity (Wildman–Crippen MR) is 63.8 cm³/mol. The topological polar surface area (TPSA) is 74.5 Å². The van der Waals surface area contributed by atoms with Crippen molar-refractivity contribution in [3.63, 3.8) is 0 Å². The highest BCUT2D eigenvalue weighted by atomic mass is 32.2. The minimum absolute atomic E-state index is 0.264. The molecule has 0 fully saturated rings. The van der Waals surface area contributed by atoms with Crippen LogP contribution >= 0.6 is 11.8 Å². The fraction of sp³-hybridized carbons (Fsp3) is 0.182. The Morgan fingerprint density at radius 2 is 2.29 bits per heavy atom. The fourth-order valence-electron chi connectivity index (χ4n) is 1.39. The van der Waals surface area contributed by atoms with E-state index >= 15 is 0 Å². The second kappa shape index (κ2) is 4.47. The first-order valence-corrected chi connectivity index (χ1v) is 5.74. The first kappa shape index (κ1) is 11.5. The van der Waals surface area contributed by atoms with E-state index < -0.39 is 0 Å². The number of aromatic amines is 1. The molecule has 2 aromatic rings. The monoisotopic (exact) mass is 246 g/mol. The molecule has 2 rings (SSSR count). The maximum Gasteiger partial charge on any atom is 0.343 e. The highest BCUT2D eigenvalue weighted by Crippen LogP contribution is 2.30. The number of hydrogen-bond donors (Lipinski definition) is 1. The Morgan fingerprint density at radius 3 is 2.88 bits per heavy atom. The Balaban J connectivity index is 2.47. The van der Waals surface area contributed by atoms with Crippen LogP contribution in [0.25, 0.3) is 0 Å². The summed E-state index contributed by atoms with van der Waals surface area (Å²) < 4.78 is 1.41. The van der Waals surface area contributed by atoms with Crippen molar-refractivity contribution in [1.29, 1.82) is 5.26 Å². The van der Waals surface area contributed by atoms with Gasteiger partial charge in [0.05, 0.1) is 5.56 Å². The number of rotatable bonds is 2. The van der Waals surface area contributed by atoms with Crippen LogP contribution in [0.4, 0.5) is 0 Å². The first-order valence-electron chi connectivity index (χ1n) is 4.92. The number of H-pyrrole nitrogens is 1. The van der Waals surface area contributed by atoms with E-state index in [-0.39, 0.29) is 5.69 Å². The minimum Gasteiger partial charge on any atom is -0.273 e. The van der Waals surface area contributed by atoms with Crippen molar-refractivity contribution in [2.45, 2.75) is 17.0 Å². The SMILES string of the molecule is Cc1cccc(C#N)c1Sc1n[nH]c(=O)n1C. The van der Waals surface area contributed by atoms with Gasteiger partial charge in [0.15, 0.2) is 5.16 Å². The summed E-state index contributed by atoms with van der Waals surface area (Å²) in [7, 11) is 1.64. The molecule has 0 aliphatic heterocycles. The zero-order valence-corrected chi connectivity index (χ0v) is 10.2. The van der Waals surface area contributed by atoms with Crippen LogP contribution in [0, 0.1) is 18.3 Å². The summed E-state index contributed by atoms with van der Waals surface area (Å²) in [4.78, 5) is 12.1. The first-order chi connectivity index (χ1) is 8.13. The normalized spacial score (nSPS) is 10.2. The van der Waals surface area contributed by atoms with Gasteiger partial charge < -0.3 is 0 Å². The molecule has 0 spiro atoms. The number of nitrogens with one attached hydrogen (secondary N) is 1. The lowest BCUT2D eigenvalue weighted by Gasteiger charge is -2.05. The van der Waals surface area contributed by atoms with E-state index in [0.29, 0.717) is 10.7 Å². The van der Waals surface area contributed by atoms with Crippen molar-refractivity contribution < 1.29 is 0 Å². The third-order valence-corrected chi connectivity index (χ3v) is 3.66. The molecule has 1 aromatic heterocycles. The summed E-state index contributed by atoms with van der Waals surface area (Å²) in [6, 6.07) is 7.65. The average molecular weight is 246 g/mol. The van der Waals surface area contributed by atoms with E-state index in [0.717, 1.165) is 10.5 Å². The third kappa shape index (κ3) is 2.10. The molecule has 0 radical (unpaired) electrons. The van der Waals surface area contributed by atoms with Gasteiger partial charge in [-0.1, -0.05) is 12.1 Å². The quantitative estimate of drug-likeness (QED) is 0.870. The number of aromatic nitrogens is 3. The van der Waals surface area contributed by atoms with E-state index in [2.05, 4.69) is 16.3 Å². The molecule has 0 saturated carbocycles. The van der Waals surface area contributed by atoms with Crippen LogP contribution in [0.15, 0.2) is 33.0 Å². The second-order valence-corrected chi connectivity index (χ2v) is 4.51. The van der Waals surface area contributed by atoms with Gasteiger partial charge in [0, 0.05) is 11.9 Å². The number of benzene rings is 1. The van der Waals surface area contributed by atoms with Gasteiger partial charge in [-0.2, -0.15) is 5.26 Å². The summed E-state index contributed by atoms with van der Waals surface area (Å²) in [5, 5.41) is 15.9. The van der Waals surface area contributed by atoms with Gasteiger partial charge in [0.25, 0.3) is 0 Å². The lowest BCUT2D eigenvalue weighted by molar-refractivity contribution is 0.765. The van der Waals surface area contributed by atoms with Gasteiger partial charge >= 0.3 is 5.69 Å². The van der Waals surface area contributed by atoms with Crippen LogP contribution in [0.1, 0.15) is 11.1 Å². The van der Waals surface area contributed by atoms with Crippen molar-refractivity contribution in [3.05, 3.63) is 39.8 Å². The Bertz CT molecular complexity index is 650. The average Bonchev–Trinajstić information content (AvgIpc) is 2.63. The molecule has 17 heavy (non-hydrogen) atoms. The Hall–Kier alpha value is -2.00. The van der Waals surface area contributed by atoms with Gasteiger partial charge in [0.2, 0.25) is 0 Å². The van der Waals surface area contributed by atoms with Crippen LogP contribution in [-0.2, 0) is 7.05 Å². The zero-order valence-electron chi connectivity index (χ0n) is 9.39. The van der Waals surface area contributed by atoms with E-state index in [1.807, 2.05) is 19.1 Å². The molecule has 0 bridgehead atoms. The van der Waals surface area contributed by atoms with Crippen molar-refractivity contribution >= 4 is 11.8 Å². The van der Waals surface area contributed by atoms with Crippen molar-refractivity contribution in [2.75, 3.05) is 0 Å². The standard InChI is InChI=1S/C11H10N4OS/c1-7-4-3-5-8(6-12)9(7)17-11-14-13-10(16)15(11)2/h3-5H,1-2H3,(H,13,16). The highest BCUT2D eigenvalue weighted by molar-refractivity contribution is 7.99. The third-order valence-electron chi connectivity index (χ3n) is 2.36. The van der Waals surface area contributed by atoms with Crippen LogP contribution < -0.4 is 5.69 Å². The molecule has 1 heterocycles. The molecule has 0 aliphatic rings. The van der Waals surface area contributed by atoms with Gasteiger partial charge in [-0.25, -0.2) is 9.89 Å². The molecule has 6 heteroatoms. The smallest absolute Gasteiger partial charge is 0.273 e. The summed E-state index contributed by atoms with van der Waals surface area (Å²) in [6.07, 6.45) is 0. The fourth-order valence-corrected chi connectivity index (χ4v) is 2.34. The maximum absolute atomic E-state index is 11.2. The Kier molecular flexibility index (Phi) is 3.02. The molecule has 5 nitrogen and oxygen atoms in total. The maximum atomic E-state index is 11.2. The zero-order chi connectivity index (χ0) is 12.4. The lowest BCUT2D eigenvalue weighted by atomic mass is 10.1. The summed E-state index contributed by atoms with van der Waals surface area (Å²) in [5.74, 6) is 0. The summed E-state index contributed by atoms with van der Waals surface area (Å²) in [6.45, 7) is 1.92. The van der Waals surface area contributed by atoms with Gasteiger partial charge in [0.1, 0.15) is 6.07 Å². The van der Waals surface area contributed by atoms with Crippen LogP contribution in [0.3, 0.4) is 0 Å². The van der Waals surface area contributed by atoms with Gasteiger partial charge in [-0.15, -0.1) is 5.10 Å². The molecule has 0 unspecified atom stereocenters. The van der Waals surface area contributed by atoms with E-state index in [4.69, 9.17) is 5.26 Å². The largest absolute Gasteiger partial charge is 0.343 e. The summed E-state index contributed by atoms with van der Waals surface area (Å²) in [5.41, 5.74) is 1.31. The Labute approximate surface area is 102 Å². The molecule has 0 amide bonds. The van der Waals surface area contributed by atoms with E-state index in [9.17, 15) is 4.79 Å². The van der Waals surface area contributed by atoms with Crippen molar-refractivity contribution in [1.82, 2.24) is 14.8 Å². The predicted octanol–water partition coefficient (Wildman–Crippen LogP) is 1.44. The minimum atomic E-state index is -0.264. The van der Waals surface area contributed by atoms with Gasteiger partial charge in [-0.05, 0) is 30.3 Å². The number of nitriles is 1. The van der Waals surface area contributed by atoms with E-state index in [1.165, 1.54) is 16.3 Å². The van der Waals surface area contributed by atoms with Gasteiger partial charge in [-0.3, -0.25) is 4.57 Å². The van der Waals surface area contributed by atoms with Crippen LogP contribution in [0.2, 0.25) is 0 Å². The molecule has 1 aromatic carbocycles. The molecule has 0 aliphatic carbocycles. The molecule has 0 atom stereocenters. The molecule has 1 N–H and O–H groups in total. The number of nitrogens with zero attached hydrogens (tertiary/aromatic N) is 3. The number of aryl methyl sites for hydroxylation is 1. The Morgan fingerprint density at radius 1 is 1.53 bits per heavy atom. The highest BCUT2D eigenvalue weighted by Gasteiger charge is 2.11. The lowest BCUT2D eigenvalue weighted by Crippen LogP contribution is -2.12. The number of hydrogen-bond acceptors (Lipinski definition) is 4. The van der Waals surface area contributed by atoms with Crippen molar-refractivity contribution in [2.24, 2.45) is 7.05 Å². The van der Waals surface area contributed by atoms with Crippen LogP contribution in [-0.4, -0.2) is 14.8 Å². The molecule has 0 saturated heterocycles. The van der Waals surface area contributed by atoms with E-state index in [1.54, 1.807) is 13.1 Å². The molecule has 86 valence electrons. The molecular weight excluding hydrogens is 236 g/mol. The molecular formula is C11H10N4OS. The second-order valence-electron chi connectivity index (χ2n) is 3.54. The summed E-state index contributed by atoms with van der Waals surface area (Å²) >= 11 is 1.31. The van der Waals surface area contributed by atoms with Crippen molar-refractivity contribution in [3.8, 4) is 6.07 Å².